The smallest absolute Gasteiger partial charge is 0.279 e. The maximum Gasteiger partial charge on any atom is 0.279 e. The van der Waals surface area contributed by atoms with Crippen molar-refractivity contribution in [1.82, 2.24) is 14.5 Å². The molecule has 27 heavy (non-hydrogen) atoms. The molecular weight excluding hydrogens is 451 g/mol. The minimum Gasteiger partial charge on any atom is -0.317 e. The Morgan fingerprint density at radius 3 is 2.44 bits per heavy atom. The fraction of sp³-hybridized carbons (Fsp3) is 0.211. The molecule has 1 aromatic carbocycles. The lowest BCUT2D eigenvalue weighted by Gasteiger charge is -2.27. The van der Waals surface area contributed by atoms with E-state index in [-0.39, 0.29) is 18.0 Å². The lowest BCUT2D eigenvalue weighted by molar-refractivity contribution is 0.0989. The van der Waals surface area contributed by atoms with Gasteiger partial charge in [-0.1, -0.05) is 35.3 Å². The number of rotatable bonds is 3. The third-order valence-corrected chi connectivity index (χ3v) is 5.53. The summed E-state index contributed by atoms with van der Waals surface area (Å²) in [7, 11) is 0. The van der Waals surface area contributed by atoms with Gasteiger partial charge in [-0.15, -0.1) is 0 Å². The summed E-state index contributed by atoms with van der Waals surface area (Å²) in [5, 5.41) is 1.10. The van der Waals surface area contributed by atoms with E-state index in [0.717, 1.165) is 11.3 Å². The van der Waals surface area contributed by atoms with Crippen molar-refractivity contribution in [2.75, 3.05) is 4.90 Å². The van der Waals surface area contributed by atoms with Crippen LogP contribution in [0.15, 0.2) is 47.5 Å². The van der Waals surface area contributed by atoms with Crippen molar-refractivity contribution >= 4 is 50.7 Å². The zero-order valence-electron chi connectivity index (χ0n) is 14.5. The number of imidazole rings is 1. The third kappa shape index (κ3) is 3.06. The molecule has 4 rings (SSSR count). The van der Waals surface area contributed by atoms with Crippen LogP contribution in [-0.2, 0) is 0 Å². The summed E-state index contributed by atoms with van der Waals surface area (Å²) in [5.74, 6) is -0.186. The predicted molar refractivity (Wildman–Crippen MR) is 110 cm³/mol. The fourth-order valence-corrected chi connectivity index (χ4v) is 4.50. The summed E-state index contributed by atoms with van der Waals surface area (Å²) in [4.78, 5) is 23.6. The van der Waals surface area contributed by atoms with Crippen LogP contribution < -0.4 is 4.90 Å². The summed E-state index contributed by atoms with van der Waals surface area (Å²) in [6, 6.07) is 8.98. The summed E-state index contributed by atoms with van der Waals surface area (Å²) in [6.07, 6.45) is 3.17. The third-order valence-electron chi connectivity index (χ3n) is 4.51. The highest BCUT2D eigenvalue weighted by molar-refractivity contribution is 9.10. The molecular formula is C19H15BrCl2N4O. The highest BCUT2D eigenvalue weighted by Crippen LogP contribution is 2.44. The Kier molecular flexibility index (Phi) is 4.74. The molecule has 1 unspecified atom stereocenters. The first kappa shape index (κ1) is 18.5. The van der Waals surface area contributed by atoms with Crippen LogP contribution in [0.1, 0.15) is 47.7 Å². The van der Waals surface area contributed by atoms with E-state index < -0.39 is 0 Å². The van der Waals surface area contributed by atoms with Crippen molar-refractivity contribution in [2.45, 2.75) is 25.9 Å². The predicted octanol–water partition coefficient (Wildman–Crippen LogP) is 5.68. The Labute approximate surface area is 175 Å². The van der Waals surface area contributed by atoms with Gasteiger partial charge in [-0.05, 0) is 53.5 Å². The zero-order valence-corrected chi connectivity index (χ0v) is 17.6. The topological polar surface area (TPSA) is 51.0 Å². The number of anilines is 1. The fourth-order valence-electron chi connectivity index (χ4n) is 3.43. The van der Waals surface area contributed by atoms with E-state index in [9.17, 15) is 4.79 Å². The van der Waals surface area contributed by atoms with Crippen LogP contribution in [0.3, 0.4) is 0 Å². The summed E-state index contributed by atoms with van der Waals surface area (Å²) < 4.78 is 2.67. The number of hydrogen-bond donors (Lipinski definition) is 0. The van der Waals surface area contributed by atoms with Crippen LogP contribution in [0.4, 0.5) is 5.69 Å². The number of pyridine rings is 1. The Hall–Kier alpha value is -1.89. The van der Waals surface area contributed by atoms with E-state index in [0.29, 0.717) is 26.2 Å². The number of aromatic nitrogens is 3. The Balaban J connectivity index is 1.96. The Morgan fingerprint density at radius 2 is 1.81 bits per heavy atom. The minimum absolute atomic E-state index is 0.121. The molecule has 0 saturated carbocycles. The van der Waals surface area contributed by atoms with Gasteiger partial charge >= 0.3 is 0 Å². The quantitative estimate of drug-likeness (QED) is 0.500. The average Bonchev–Trinajstić information content (AvgIpc) is 3.09. The van der Waals surface area contributed by atoms with Gasteiger partial charge < -0.3 is 4.57 Å². The molecule has 8 heteroatoms. The second kappa shape index (κ2) is 6.93. The number of carbonyl (C=O) groups is 1. The van der Waals surface area contributed by atoms with Gasteiger partial charge in [-0.25, -0.2) is 4.98 Å². The molecule has 0 radical (unpaired) electrons. The SMILES string of the molecule is CC(C)n1c(Br)nc2c1C(c1ccc(Cl)cc1)N(c1cncc(Cl)c1)C2=O. The monoisotopic (exact) mass is 464 g/mol. The van der Waals surface area contributed by atoms with Crippen molar-refractivity contribution < 1.29 is 4.79 Å². The Bertz CT molecular complexity index is 1030. The summed E-state index contributed by atoms with van der Waals surface area (Å²) in [6.45, 7) is 4.11. The lowest BCUT2D eigenvalue weighted by Crippen LogP contribution is -2.30. The largest absolute Gasteiger partial charge is 0.317 e. The summed E-state index contributed by atoms with van der Waals surface area (Å²) in [5.41, 5.74) is 2.82. The molecule has 138 valence electrons. The van der Waals surface area contributed by atoms with Crippen molar-refractivity contribution in [1.29, 1.82) is 0 Å². The molecule has 1 aliphatic rings. The first-order valence-corrected chi connectivity index (χ1v) is 9.90. The number of carbonyl (C=O) groups excluding carboxylic acids is 1. The molecule has 0 bridgehead atoms. The van der Waals surface area contributed by atoms with Crippen LogP contribution in [0.2, 0.25) is 10.0 Å². The first-order valence-electron chi connectivity index (χ1n) is 8.35. The molecule has 0 fully saturated rings. The number of amides is 1. The number of nitrogens with zero attached hydrogens (tertiary/aromatic N) is 4. The standard InChI is InChI=1S/C19H15BrCl2N4O/c1-10(2)25-17-15(24-19(25)20)18(27)26(14-7-13(22)8-23-9-14)16(17)11-3-5-12(21)6-4-11/h3-10,16H,1-2H3. The zero-order chi connectivity index (χ0) is 19.3. The number of halogens is 3. The second-order valence-electron chi connectivity index (χ2n) is 6.57. The van der Waals surface area contributed by atoms with E-state index in [1.54, 1.807) is 23.4 Å². The van der Waals surface area contributed by atoms with E-state index in [4.69, 9.17) is 23.2 Å². The lowest BCUT2D eigenvalue weighted by atomic mass is 10.0. The van der Waals surface area contributed by atoms with Gasteiger partial charge in [0.25, 0.3) is 5.91 Å². The van der Waals surface area contributed by atoms with Crippen LogP contribution in [0.25, 0.3) is 0 Å². The van der Waals surface area contributed by atoms with E-state index in [1.165, 1.54) is 0 Å². The molecule has 0 spiro atoms. The second-order valence-corrected chi connectivity index (χ2v) is 8.15. The first-order chi connectivity index (χ1) is 12.9. The number of benzene rings is 1. The van der Waals surface area contributed by atoms with E-state index in [1.807, 2.05) is 28.8 Å². The van der Waals surface area contributed by atoms with Gasteiger partial charge in [0.05, 0.1) is 22.6 Å². The van der Waals surface area contributed by atoms with Gasteiger partial charge in [0, 0.05) is 17.3 Å². The van der Waals surface area contributed by atoms with Crippen molar-refractivity contribution in [3.05, 3.63) is 74.5 Å². The van der Waals surface area contributed by atoms with Crippen LogP contribution in [0, 0.1) is 0 Å². The Morgan fingerprint density at radius 1 is 1.11 bits per heavy atom. The molecule has 0 saturated heterocycles. The minimum atomic E-state index is -0.355. The van der Waals surface area contributed by atoms with E-state index >= 15 is 0 Å². The normalized spacial score (nSPS) is 16.3. The van der Waals surface area contributed by atoms with Crippen molar-refractivity contribution in [3.63, 3.8) is 0 Å². The molecule has 0 aliphatic carbocycles. The average molecular weight is 466 g/mol. The molecule has 2 aromatic heterocycles. The molecule has 5 nitrogen and oxygen atoms in total. The molecule has 1 atom stereocenters. The van der Waals surface area contributed by atoms with Crippen molar-refractivity contribution in [2.24, 2.45) is 0 Å². The van der Waals surface area contributed by atoms with Crippen LogP contribution in [0.5, 0.6) is 0 Å². The van der Waals surface area contributed by atoms with Gasteiger partial charge in [0.15, 0.2) is 10.4 Å². The van der Waals surface area contributed by atoms with Gasteiger partial charge in [-0.2, -0.15) is 0 Å². The molecule has 0 N–H and O–H groups in total. The molecule has 3 heterocycles. The number of fused-ring (bicyclic) bond motifs is 1. The maximum absolute atomic E-state index is 13.3. The number of hydrogen-bond acceptors (Lipinski definition) is 3. The van der Waals surface area contributed by atoms with Crippen molar-refractivity contribution in [3.8, 4) is 0 Å². The van der Waals surface area contributed by atoms with E-state index in [2.05, 4.69) is 39.7 Å². The highest BCUT2D eigenvalue weighted by atomic mass is 79.9. The maximum atomic E-state index is 13.3. The van der Waals surface area contributed by atoms with Gasteiger partial charge in [0.1, 0.15) is 6.04 Å². The summed E-state index contributed by atoms with van der Waals surface area (Å²) >= 11 is 15.7. The van der Waals surface area contributed by atoms with Gasteiger partial charge in [-0.3, -0.25) is 14.7 Å². The molecule has 3 aromatic rings. The molecule has 1 amide bonds. The van der Waals surface area contributed by atoms with Crippen LogP contribution in [-0.4, -0.2) is 20.4 Å². The van der Waals surface area contributed by atoms with Gasteiger partial charge in [0.2, 0.25) is 0 Å². The molecule has 1 aliphatic heterocycles. The van der Waals surface area contributed by atoms with Crippen LogP contribution >= 0.6 is 39.1 Å². The highest BCUT2D eigenvalue weighted by Gasteiger charge is 2.44.